The minimum atomic E-state index is -0.381. The van der Waals surface area contributed by atoms with Gasteiger partial charge in [-0.25, -0.2) is 4.39 Å². The van der Waals surface area contributed by atoms with Crippen LogP contribution >= 0.6 is 0 Å². The van der Waals surface area contributed by atoms with Crippen molar-refractivity contribution in [2.24, 2.45) is 0 Å². The van der Waals surface area contributed by atoms with Crippen LogP contribution in [0.1, 0.15) is 15.9 Å². The minimum absolute atomic E-state index is 0.102. The van der Waals surface area contributed by atoms with Gasteiger partial charge in [0.1, 0.15) is 12.4 Å². The molecule has 0 unspecified atom stereocenters. The van der Waals surface area contributed by atoms with E-state index in [1.54, 1.807) is 31.3 Å². The highest BCUT2D eigenvalue weighted by molar-refractivity contribution is 5.94. The van der Waals surface area contributed by atoms with Gasteiger partial charge in [0.2, 0.25) is 0 Å². The SMILES string of the molecule is COc1ccc(C[NH+]2CCN(C(=O)c3cccc(F)c3)CC2)cc1OC. The molecule has 1 heterocycles. The standard InChI is InChI=1S/C20H23FN2O3/c1-25-18-7-6-15(12-19(18)26-2)14-22-8-10-23(11-9-22)20(24)16-4-3-5-17(21)13-16/h3-7,12-13H,8-11,14H2,1-2H3/p+1. The monoisotopic (exact) mass is 359 g/mol. The van der Waals surface area contributed by atoms with E-state index in [4.69, 9.17) is 9.47 Å². The predicted octanol–water partition coefficient (Wildman–Crippen LogP) is 1.38. The number of nitrogens with zero attached hydrogens (tertiary/aromatic N) is 1. The summed E-state index contributed by atoms with van der Waals surface area (Å²) in [7, 11) is 3.25. The third-order valence-corrected chi connectivity index (χ3v) is 4.73. The molecule has 0 atom stereocenters. The van der Waals surface area contributed by atoms with E-state index in [-0.39, 0.29) is 11.7 Å². The summed E-state index contributed by atoms with van der Waals surface area (Å²) in [5, 5.41) is 0. The van der Waals surface area contributed by atoms with Gasteiger partial charge < -0.3 is 19.3 Å². The highest BCUT2D eigenvalue weighted by Crippen LogP contribution is 2.27. The van der Waals surface area contributed by atoms with Crippen molar-refractivity contribution in [2.45, 2.75) is 6.54 Å². The van der Waals surface area contributed by atoms with Crippen molar-refractivity contribution >= 4 is 5.91 Å². The number of amides is 1. The van der Waals surface area contributed by atoms with Crippen LogP contribution in [0.15, 0.2) is 42.5 Å². The Labute approximate surface area is 152 Å². The molecule has 1 aliphatic rings. The first-order valence-electron chi connectivity index (χ1n) is 8.70. The number of ether oxygens (including phenoxy) is 2. The van der Waals surface area contributed by atoms with E-state index in [0.29, 0.717) is 18.7 Å². The molecule has 0 bridgehead atoms. The molecule has 1 aliphatic heterocycles. The summed E-state index contributed by atoms with van der Waals surface area (Å²) in [5.74, 6) is 0.962. The van der Waals surface area contributed by atoms with Gasteiger partial charge in [0, 0.05) is 11.1 Å². The second kappa shape index (κ2) is 8.19. The summed E-state index contributed by atoms with van der Waals surface area (Å²) in [6.45, 7) is 3.91. The second-order valence-corrected chi connectivity index (χ2v) is 6.42. The molecule has 2 aromatic rings. The van der Waals surface area contributed by atoms with Crippen LogP contribution in [0.2, 0.25) is 0 Å². The zero-order valence-electron chi connectivity index (χ0n) is 15.1. The van der Waals surface area contributed by atoms with Gasteiger partial charge in [-0.1, -0.05) is 6.07 Å². The molecule has 5 nitrogen and oxygen atoms in total. The number of piperazine rings is 1. The number of nitrogens with one attached hydrogen (secondary N) is 1. The maximum Gasteiger partial charge on any atom is 0.254 e. The summed E-state index contributed by atoms with van der Waals surface area (Å²) in [6.07, 6.45) is 0. The van der Waals surface area contributed by atoms with E-state index >= 15 is 0 Å². The van der Waals surface area contributed by atoms with E-state index < -0.39 is 0 Å². The van der Waals surface area contributed by atoms with Gasteiger partial charge in [0.15, 0.2) is 11.5 Å². The molecule has 138 valence electrons. The minimum Gasteiger partial charge on any atom is -0.493 e. The Morgan fingerprint density at radius 2 is 1.81 bits per heavy atom. The number of halogens is 1. The molecule has 1 amide bonds. The number of rotatable bonds is 5. The molecule has 1 saturated heterocycles. The maximum absolute atomic E-state index is 13.3. The van der Waals surface area contributed by atoms with Crippen LogP contribution in [0.3, 0.4) is 0 Å². The Morgan fingerprint density at radius 3 is 2.46 bits per heavy atom. The summed E-state index contributed by atoms with van der Waals surface area (Å²) in [5.41, 5.74) is 1.58. The first-order valence-corrected chi connectivity index (χ1v) is 8.70. The normalized spacial score (nSPS) is 15.0. The fourth-order valence-corrected chi connectivity index (χ4v) is 3.29. The molecule has 0 spiro atoms. The molecule has 6 heteroatoms. The van der Waals surface area contributed by atoms with Crippen LogP contribution in [-0.2, 0) is 6.54 Å². The van der Waals surface area contributed by atoms with Crippen molar-refractivity contribution in [3.63, 3.8) is 0 Å². The Balaban J connectivity index is 1.58. The Hall–Kier alpha value is -2.60. The van der Waals surface area contributed by atoms with Crippen LogP contribution in [0.4, 0.5) is 4.39 Å². The van der Waals surface area contributed by atoms with Crippen molar-refractivity contribution in [3.05, 3.63) is 59.4 Å². The number of carbonyl (C=O) groups is 1. The first-order chi connectivity index (χ1) is 12.6. The number of methoxy groups -OCH3 is 2. The fraction of sp³-hybridized carbons (Fsp3) is 0.350. The van der Waals surface area contributed by atoms with E-state index in [0.717, 1.165) is 31.1 Å². The zero-order chi connectivity index (χ0) is 18.5. The number of quaternary nitrogens is 1. The second-order valence-electron chi connectivity index (χ2n) is 6.42. The lowest BCUT2D eigenvalue weighted by molar-refractivity contribution is -0.917. The zero-order valence-corrected chi connectivity index (χ0v) is 15.1. The Morgan fingerprint density at radius 1 is 1.08 bits per heavy atom. The lowest BCUT2D eigenvalue weighted by atomic mass is 10.1. The van der Waals surface area contributed by atoms with Gasteiger partial charge in [-0.2, -0.15) is 0 Å². The number of hydrogen-bond acceptors (Lipinski definition) is 3. The third kappa shape index (κ3) is 4.14. The topological polar surface area (TPSA) is 43.2 Å². The lowest BCUT2D eigenvalue weighted by Crippen LogP contribution is -3.13. The highest BCUT2D eigenvalue weighted by Gasteiger charge is 2.25. The summed E-state index contributed by atoms with van der Waals surface area (Å²) < 4.78 is 23.9. The van der Waals surface area contributed by atoms with E-state index in [9.17, 15) is 9.18 Å². The smallest absolute Gasteiger partial charge is 0.254 e. The summed E-state index contributed by atoms with van der Waals surface area (Å²) >= 11 is 0. The molecule has 0 saturated carbocycles. The first kappa shape index (κ1) is 18.2. The van der Waals surface area contributed by atoms with E-state index in [2.05, 4.69) is 0 Å². The molecule has 1 fully saturated rings. The van der Waals surface area contributed by atoms with Crippen LogP contribution in [0.5, 0.6) is 11.5 Å². The fourth-order valence-electron chi connectivity index (χ4n) is 3.29. The lowest BCUT2D eigenvalue weighted by Gasteiger charge is -2.32. The summed E-state index contributed by atoms with van der Waals surface area (Å²) in [6, 6.07) is 11.8. The molecular weight excluding hydrogens is 335 g/mol. The molecule has 3 rings (SSSR count). The van der Waals surface area contributed by atoms with E-state index in [1.807, 2.05) is 18.2 Å². The quantitative estimate of drug-likeness (QED) is 0.877. The van der Waals surface area contributed by atoms with Gasteiger partial charge in [-0.15, -0.1) is 0 Å². The molecule has 1 N–H and O–H groups in total. The summed E-state index contributed by atoms with van der Waals surface area (Å²) in [4.78, 5) is 15.7. The Bertz CT molecular complexity index is 773. The average Bonchev–Trinajstić information content (AvgIpc) is 2.68. The predicted molar refractivity (Wildman–Crippen MR) is 96.3 cm³/mol. The Kier molecular flexibility index (Phi) is 5.73. The van der Waals surface area contributed by atoms with Gasteiger partial charge in [0.25, 0.3) is 5.91 Å². The molecule has 0 radical (unpaired) electrons. The van der Waals surface area contributed by atoms with Crippen LogP contribution in [0.25, 0.3) is 0 Å². The molecule has 0 aliphatic carbocycles. The molecule has 2 aromatic carbocycles. The molecule has 26 heavy (non-hydrogen) atoms. The van der Waals surface area contributed by atoms with Crippen LogP contribution in [-0.4, -0.2) is 51.2 Å². The number of hydrogen-bond donors (Lipinski definition) is 1. The number of benzene rings is 2. The van der Waals surface area contributed by atoms with Crippen molar-refractivity contribution < 1.29 is 23.6 Å². The largest absolute Gasteiger partial charge is 0.493 e. The van der Waals surface area contributed by atoms with Crippen molar-refractivity contribution in [2.75, 3.05) is 40.4 Å². The van der Waals surface area contributed by atoms with Gasteiger partial charge in [-0.05, 0) is 36.4 Å². The van der Waals surface area contributed by atoms with Gasteiger partial charge in [0.05, 0.1) is 40.4 Å². The molecule has 0 aromatic heterocycles. The van der Waals surface area contributed by atoms with Gasteiger partial charge >= 0.3 is 0 Å². The maximum atomic E-state index is 13.3. The van der Waals surface area contributed by atoms with Crippen molar-refractivity contribution in [1.29, 1.82) is 0 Å². The number of carbonyl (C=O) groups excluding carboxylic acids is 1. The van der Waals surface area contributed by atoms with Crippen LogP contribution < -0.4 is 14.4 Å². The van der Waals surface area contributed by atoms with Crippen molar-refractivity contribution in [3.8, 4) is 11.5 Å². The highest BCUT2D eigenvalue weighted by atomic mass is 19.1. The molecular formula is C20H24FN2O3+. The third-order valence-electron chi connectivity index (χ3n) is 4.73. The van der Waals surface area contributed by atoms with E-state index in [1.165, 1.54) is 22.6 Å². The van der Waals surface area contributed by atoms with Crippen molar-refractivity contribution in [1.82, 2.24) is 4.90 Å². The average molecular weight is 359 g/mol. The van der Waals surface area contributed by atoms with Crippen LogP contribution in [0, 0.1) is 5.82 Å². The van der Waals surface area contributed by atoms with Gasteiger partial charge in [-0.3, -0.25) is 4.79 Å².